The first-order valence-electron chi connectivity index (χ1n) is 23.6. The van der Waals surface area contributed by atoms with Crippen molar-refractivity contribution in [2.45, 2.75) is 181 Å². The molecule has 4 rings (SSSR count). The number of rotatable bonds is 12. The molecule has 18 nitrogen and oxygen atoms in total. The van der Waals surface area contributed by atoms with Crippen LogP contribution in [0.2, 0.25) is 10.0 Å². The third-order valence-corrected chi connectivity index (χ3v) is 13.4. The first kappa shape index (κ1) is 59.2. The fourth-order valence-corrected chi connectivity index (χ4v) is 8.95. The third-order valence-electron chi connectivity index (χ3n) is 12.6. The first-order valence-corrected chi connectivity index (χ1v) is 24.3. The lowest BCUT2D eigenvalue weighted by atomic mass is 9.88. The van der Waals surface area contributed by atoms with Crippen molar-refractivity contribution < 1.29 is 87.7 Å². The highest BCUT2D eigenvalue weighted by atomic mass is 35.5. The summed E-state index contributed by atoms with van der Waals surface area (Å²) in [4.78, 5) is 53.1. The number of esters is 3. The van der Waals surface area contributed by atoms with E-state index in [9.17, 15) is 49.8 Å². The Morgan fingerprint density at radius 3 is 2.15 bits per heavy atom. The van der Waals surface area contributed by atoms with Crippen molar-refractivity contribution >= 4 is 46.9 Å². The summed E-state index contributed by atoms with van der Waals surface area (Å²) in [5.74, 6) is -6.12. The number of aromatic hydroxyl groups is 2. The van der Waals surface area contributed by atoms with Gasteiger partial charge in [-0.05, 0) is 90.5 Å². The SMILES string of the molecule is CCc1c(Cl)c(O)c(Cl)c(O)c1C(=O)O[C@H]1[C@H](O)[C@H](OC)[C@H](OC2=CC=CC[C@H](O)C(C)=C[C@H](CC)[C@@H](O[C@@H]3OC(C)(C)[C@@H](OC(=O)C(C)C)[C@H](O)[C@@H]3O)C(C)=CC(C)=CC[C@@H](C(C)=O)OC2=O)O[C@@H]1C. The molecule has 0 amide bonds. The van der Waals surface area contributed by atoms with Gasteiger partial charge in [0.2, 0.25) is 12.0 Å². The maximum atomic E-state index is 14.0. The van der Waals surface area contributed by atoms with Gasteiger partial charge in [-0.15, -0.1) is 0 Å². The first-order chi connectivity index (χ1) is 33.2. The zero-order valence-corrected chi connectivity index (χ0v) is 43.7. The number of hydrogen-bond donors (Lipinski definition) is 6. The summed E-state index contributed by atoms with van der Waals surface area (Å²) in [6.07, 6.45) is -6.11. The number of halogens is 2. The van der Waals surface area contributed by atoms with Crippen LogP contribution in [0.25, 0.3) is 0 Å². The highest BCUT2D eigenvalue weighted by Gasteiger charge is 2.53. The van der Waals surface area contributed by atoms with Crippen LogP contribution < -0.4 is 0 Å². The second-order valence-electron chi connectivity index (χ2n) is 18.8. The molecule has 2 saturated heterocycles. The summed E-state index contributed by atoms with van der Waals surface area (Å²) in [6.45, 7) is 18.1. The van der Waals surface area contributed by atoms with Crippen molar-refractivity contribution in [1.29, 1.82) is 0 Å². The van der Waals surface area contributed by atoms with Crippen LogP contribution >= 0.6 is 23.2 Å². The standard InChI is InChI=1S/C51H70Cl2O18/c1-13-29-22-25(6)31(55)17-15-16-18-33(67-50-44(64-12)41(60)43(28(9)65-50)68-48(63)34-30(14-2)35(52)38(57)36(53)37(34)56)47(62)66-32(27(8)54)20-19-24(5)21-26(7)42(29)69-49-40(59)39(58)45(51(10,11)71-49)70-46(61)23(3)4/h15-16,18-19,21-23,28-29,31-32,39-45,49-50,55-60H,13-14,17,20H2,1-12H3/t28-,29+,31+,32+,39-,40+,41+,42+,43-,44+,45+,49-,50+/m1/s1. The Morgan fingerprint density at radius 1 is 0.901 bits per heavy atom. The molecule has 0 unspecified atom stereocenters. The van der Waals surface area contributed by atoms with Gasteiger partial charge in [-0.2, -0.15) is 0 Å². The lowest BCUT2D eigenvalue weighted by Gasteiger charge is -2.47. The number of ether oxygens (including phenoxy) is 8. The number of benzene rings is 1. The maximum absolute atomic E-state index is 14.0. The second-order valence-corrected chi connectivity index (χ2v) is 19.6. The van der Waals surface area contributed by atoms with Crippen molar-refractivity contribution in [3.8, 4) is 11.5 Å². The van der Waals surface area contributed by atoms with Gasteiger partial charge in [0.25, 0.3) is 0 Å². The van der Waals surface area contributed by atoms with Gasteiger partial charge in [0.15, 0.2) is 41.9 Å². The van der Waals surface area contributed by atoms with Gasteiger partial charge >= 0.3 is 17.9 Å². The van der Waals surface area contributed by atoms with Crippen LogP contribution in [0.5, 0.6) is 11.5 Å². The van der Waals surface area contributed by atoms with E-state index in [2.05, 4.69) is 0 Å². The van der Waals surface area contributed by atoms with Crippen molar-refractivity contribution in [3.63, 3.8) is 0 Å². The van der Waals surface area contributed by atoms with Crippen LogP contribution in [0.15, 0.2) is 58.9 Å². The van der Waals surface area contributed by atoms with E-state index in [1.807, 2.05) is 13.0 Å². The maximum Gasteiger partial charge on any atom is 0.374 e. The van der Waals surface area contributed by atoms with Crippen molar-refractivity contribution in [1.82, 2.24) is 0 Å². The molecule has 396 valence electrons. The van der Waals surface area contributed by atoms with E-state index < -0.39 is 143 Å². The molecule has 0 bridgehead atoms. The van der Waals surface area contributed by atoms with Gasteiger partial charge in [0, 0.05) is 19.4 Å². The average Bonchev–Trinajstić information content (AvgIpc) is 3.30. The number of Topliss-reactive ketones (excluding diaryl/α,β-unsaturated/α-hetero) is 1. The van der Waals surface area contributed by atoms with E-state index in [-0.39, 0.29) is 29.8 Å². The molecule has 3 aliphatic heterocycles. The number of carbonyl (C=O) groups is 4. The largest absolute Gasteiger partial charge is 0.505 e. The minimum Gasteiger partial charge on any atom is -0.505 e. The normalized spacial score (nSPS) is 31.2. The Balaban J connectivity index is 1.65. The quantitative estimate of drug-likeness (QED) is 0.0751. The van der Waals surface area contributed by atoms with Gasteiger partial charge in [-0.1, -0.05) is 86.9 Å². The second kappa shape index (κ2) is 25.5. The predicted octanol–water partition coefficient (Wildman–Crippen LogP) is 6.40. The van der Waals surface area contributed by atoms with Crippen LogP contribution in [0, 0.1) is 11.8 Å². The number of ketones is 1. The number of aliphatic hydroxyl groups is 4. The molecule has 71 heavy (non-hydrogen) atoms. The Bertz CT molecular complexity index is 2250. The summed E-state index contributed by atoms with van der Waals surface area (Å²) in [7, 11) is 1.21. The highest BCUT2D eigenvalue weighted by molar-refractivity contribution is 6.39. The number of carbonyl (C=O) groups excluding carboxylic acids is 4. The number of phenolic OH excluding ortho intramolecular Hbond substituents is 2. The summed E-state index contributed by atoms with van der Waals surface area (Å²) in [5.41, 5.74) is 0.148. The number of allylic oxidation sites excluding steroid dienone is 4. The number of cyclic esters (lactones) is 1. The number of phenols is 2. The van der Waals surface area contributed by atoms with Gasteiger partial charge < -0.3 is 68.5 Å². The van der Waals surface area contributed by atoms with Crippen molar-refractivity contribution in [2.24, 2.45) is 11.8 Å². The van der Waals surface area contributed by atoms with Gasteiger partial charge in [0.05, 0.1) is 29.3 Å². The molecule has 13 atom stereocenters. The van der Waals surface area contributed by atoms with Crippen LogP contribution in [0.1, 0.15) is 111 Å². The average molecular weight is 1040 g/mol. The lowest BCUT2D eigenvalue weighted by Crippen LogP contribution is -2.64. The number of hydrogen-bond acceptors (Lipinski definition) is 18. The molecule has 3 aliphatic rings. The number of aliphatic hydroxyl groups excluding tert-OH is 4. The monoisotopic (exact) mass is 1040 g/mol. The molecule has 0 spiro atoms. The van der Waals surface area contributed by atoms with Gasteiger partial charge in [0.1, 0.15) is 40.6 Å². The van der Waals surface area contributed by atoms with Crippen LogP contribution in [-0.4, -0.2) is 141 Å². The molecule has 1 aromatic rings. The molecule has 0 aliphatic carbocycles. The summed E-state index contributed by atoms with van der Waals surface area (Å²) in [6, 6.07) is 0. The van der Waals surface area contributed by atoms with E-state index in [0.717, 1.165) is 0 Å². The van der Waals surface area contributed by atoms with E-state index in [1.165, 1.54) is 33.1 Å². The fourth-order valence-electron chi connectivity index (χ4n) is 8.39. The molecule has 20 heteroatoms. The molecule has 3 heterocycles. The molecule has 0 aromatic heterocycles. The Kier molecular flexibility index (Phi) is 21.3. The van der Waals surface area contributed by atoms with E-state index >= 15 is 0 Å². The summed E-state index contributed by atoms with van der Waals surface area (Å²) < 4.78 is 47.3. The smallest absolute Gasteiger partial charge is 0.374 e. The molecule has 2 fully saturated rings. The number of methoxy groups -OCH3 is 1. The van der Waals surface area contributed by atoms with Gasteiger partial charge in [-0.25, -0.2) is 9.59 Å². The van der Waals surface area contributed by atoms with Gasteiger partial charge in [-0.3, -0.25) is 9.59 Å². The Labute approximate surface area is 424 Å². The molecule has 1 aromatic carbocycles. The highest BCUT2D eigenvalue weighted by Crippen LogP contribution is 2.45. The van der Waals surface area contributed by atoms with Crippen LogP contribution in [0.4, 0.5) is 0 Å². The Morgan fingerprint density at radius 2 is 1.56 bits per heavy atom. The zero-order valence-electron chi connectivity index (χ0n) is 42.2. The van der Waals surface area contributed by atoms with Crippen LogP contribution in [0.3, 0.4) is 0 Å². The molecule has 0 saturated carbocycles. The molecule has 0 radical (unpaired) electrons. The molecule has 6 N–H and O–H groups in total. The minimum atomic E-state index is -1.66. The van der Waals surface area contributed by atoms with Crippen molar-refractivity contribution in [3.05, 3.63) is 80.1 Å². The van der Waals surface area contributed by atoms with E-state index in [4.69, 9.17) is 61.1 Å². The van der Waals surface area contributed by atoms with Crippen LogP contribution in [-0.2, 0) is 58.7 Å². The topological polar surface area (TPSA) is 263 Å². The predicted molar refractivity (Wildman–Crippen MR) is 259 cm³/mol. The minimum absolute atomic E-state index is 0.0351. The lowest BCUT2D eigenvalue weighted by molar-refractivity contribution is -0.333. The van der Waals surface area contributed by atoms with E-state index in [1.54, 1.807) is 73.6 Å². The van der Waals surface area contributed by atoms with E-state index in [0.29, 0.717) is 23.1 Å². The third kappa shape index (κ3) is 14.2. The van der Waals surface area contributed by atoms with Crippen molar-refractivity contribution in [2.75, 3.05) is 7.11 Å². The zero-order chi connectivity index (χ0) is 53.4. The molecular formula is C51H70Cl2O18. The Hall–Kier alpha value is -4.34. The summed E-state index contributed by atoms with van der Waals surface area (Å²) >= 11 is 12.3. The summed E-state index contributed by atoms with van der Waals surface area (Å²) in [5, 5.41) is 65.6. The fraction of sp³-hybridized carbons (Fsp3) is 0.608. The molecular weight excluding hydrogens is 971 g/mol.